The van der Waals surface area contributed by atoms with Gasteiger partial charge < -0.3 is 15.2 Å². The van der Waals surface area contributed by atoms with Crippen molar-refractivity contribution in [1.29, 1.82) is 0 Å². The number of nitrogens with two attached hydrogens (primary N) is 1. The first-order valence-corrected chi connectivity index (χ1v) is 13.2. The van der Waals surface area contributed by atoms with E-state index in [9.17, 15) is 9.59 Å². The van der Waals surface area contributed by atoms with Gasteiger partial charge in [0.25, 0.3) is 5.91 Å². The second-order valence-corrected chi connectivity index (χ2v) is 10.4. The van der Waals surface area contributed by atoms with Gasteiger partial charge in [-0.1, -0.05) is 71.6 Å². The van der Waals surface area contributed by atoms with E-state index in [-0.39, 0.29) is 11.8 Å². The maximum atomic E-state index is 13.2. The molecule has 0 radical (unpaired) electrons. The number of hydrogen-bond acceptors (Lipinski definition) is 10. The second kappa shape index (κ2) is 11.0. The van der Waals surface area contributed by atoms with Crippen molar-refractivity contribution in [1.82, 2.24) is 15.2 Å². The third-order valence-corrected chi connectivity index (χ3v) is 7.70. The maximum absolute atomic E-state index is 13.2. The van der Waals surface area contributed by atoms with Crippen LogP contribution in [0.5, 0.6) is 5.75 Å². The molecule has 0 aliphatic carbocycles. The molecule has 0 spiro atoms. The Hall–Kier alpha value is -3.96. The van der Waals surface area contributed by atoms with Crippen molar-refractivity contribution in [2.45, 2.75) is 16.8 Å². The average Bonchev–Trinajstić information content (AvgIpc) is 3.57. The summed E-state index contributed by atoms with van der Waals surface area (Å²) in [6, 6.07) is 21.4. The first kappa shape index (κ1) is 24.7. The number of aromatic nitrogens is 2. The Bertz CT molecular complexity index is 1470. The summed E-state index contributed by atoms with van der Waals surface area (Å²) < 4.78 is 11.1. The normalized spacial score (nSPS) is 15.0. The molecule has 11 heteroatoms. The molecule has 0 fully saturated rings. The molecule has 1 amide bonds. The van der Waals surface area contributed by atoms with Crippen LogP contribution in [0.3, 0.4) is 0 Å². The van der Waals surface area contributed by atoms with Gasteiger partial charge in [0.1, 0.15) is 5.75 Å². The fourth-order valence-electron chi connectivity index (χ4n) is 4.02. The van der Waals surface area contributed by atoms with E-state index in [1.807, 2.05) is 54.6 Å². The molecule has 1 atom stereocenters. The minimum absolute atomic E-state index is 0.00453. The third-order valence-electron chi connectivity index (χ3n) is 5.84. The molecule has 1 aliphatic rings. The summed E-state index contributed by atoms with van der Waals surface area (Å²) >= 11 is 2.34. The first-order valence-electron chi connectivity index (χ1n) is 11.4. The highest BCUT2D eigenvalue weighted by Gasteiger charge is 2.33. The van der Waals surface area contributed by atoms with E-state index < -0.39 is 18.5 Å². The highest BCUT2D eigenvalue weighted by molar-refractivity contribution is 8.01. The number of ether oxygens (including phenoxy) is 2. The second-order valence-electron chi connectivity index (χ2n) is 8.20. The van der Waals surface area contributed by atoms with E-state index in [2.05, 4.69) is 27.4 Å². The Morgan fingerprint density at radius 2 is 1.86 bits per heavy atom. The zero-order valence-corrected chi connectivity index (χ0v) is 21.5. The molecule has 5 rings (SSSR count). The summed E-state index contributed by atoms with van der Waals surface area (Å²) in [5.41, 5.74) is 8.19. The molecule has 0 saturated carbocycles. The fraction of sp³-hybridized carbons (Fsp3) is 0.192. The third kappa shape index (κ3) is 5.73. The smallest absolute Gasteiger partial charge is 0.316 e. The van der Waals surface area contributed by atoms with Crippen molar-refractivity contribution in [3.63, 3.8) is 0 Å². The minimum atomic E-state index is -0.536. The number of esters is 1. The van der Waals surface area contributed by atoms with Crippen molar-refractivity contribution < 1.29 is 19.1 Å². The molecule has 37 heavy (non-hydrogen) atoms. The van der Waals surface area contributed by atoms with Crippen LogP contribution in [0.1, 0.15) is 23.6 Å². The van der Waals surface area contributed by atoms with Crippen LogP contribution in [-0.2, 0) is 14.3 Å². The van der Waals surface area contributed by atoms with Crippen molar-refractivity contribution in [2.75, 3.05) is 25.2 Å². The monoisotopic (exact) mass is 533 g/mol. The number of carbonyl (C=O) groups excluding carboxylic acids is 2. The number of hydrogen-bond donors (Lipinski definition) is 1. The zero-order chi connectivity index (χ0) is 25.8. The highest BCUT2D eigenvalue weighted by atomic mass is 32.2. The number of nitrogens with zero attached hydrogens (tertiary/aromatic N) is 4. The van der Waals surface area contributed by atoms with Crippen molar-refractivity contribution in [3.05, 3.63) is 77.9 Å². The summed E-state index contributed by atoms with van der Waals surface area (Å²) in [4.78, 5) is 25.4. The van der Waals surface area contributed by atoms with Crippen LogP contribution in [0.25, 0.3) is 10.8 Å². The lowest BCUT2D eigenvalue weighted by molar-refractivity contribution is -0.150. The zero-order valence-electron chi connectivity index (χ0n) is 19.9. The number of methoxy groups -OCH3 is 1. The van der Waals surface area contributed by atoms with Gasteiger partial charge in [-0.15, -0.1) is 10.2 Å². The quantitative estimate of drug-likeness (QED) is 0.263. The highest BCUT2D eigenvalue weighted by Crippen LogP contribution is 2.34. The predicted octanol–water partition coefficient (Wildman–Crippen LogP) is 4.30. The Balaban J connectivity index is 1.32. The molecule has 0 saturated heterocycles. The van der Waals surface area contributed by atoms with Crippen LogP contribution in [0.4, 0.5) is 5.13 Å². The lowest BCUT2D eigenvalue weighted by atomic mass is 9.97. The number of hydrazone groups is 1. The van der Waals surface area contributed by atoms with Gasteiger partial charge in [-0.05, 0) is 40.1 Å². The van der Waals surface area contributed by atoms with Crippen LogP contribution in [-0.4, -0.2) is 52.3 Å². The Morgan fingerprint density at radius 3 is 2.59 bits per heavy atom. The van der Waals surface area contributed by atoms with Gasteiger partial charge in [0.15, 0.2) is 10.9 Å². The van der Waals surface area contributed by atoms with Gasteiger partial charge in [-0.25, -0.2) is 5.01 Å². The van der Waals surface area contributed by atoms with E-state index in [1.165, 1.54) is 16.3 Å². The maximum Gasteiger partial charge on any atom is 0.316 e. The molecule has 9 nitrogen and oxygen atoms in total. The van der Waals surface area contributed by atoms with Crippen molar-refractivity contribution in [2.24, 2.45) is 5.10 Å². The van der Waals surface area contributed by atoms with Crippen LogP contribution in [0.2, 0.25) is 0 Å². The summed E-state index contributed by atoms with van der Waals surface area (Å²) in [6.45, 7) is -0.418. The van der Waals surface area contributed by atoms with E-state index in [0.717, 1.165) is 45.1 Å². The van der Waals surface area contributed by atoms with Gasteiger partial charge in [0.05, 0.1) is 24.6 Å². The number of nitrogen functional groups attached to an aromatic ring is 1. The molecule has 0 bridgehead atoms. The number of amides is 1. The molecule has 2 N–H and O–H groups in total. The van der Waals surface area contributed by atoms with Gasteiger partial charge in [0.2, 0.25) is 5.13 Å². The Morgan fingerprint density at radius 1 is 1.08 bits per heavy atom. The SMILES string of the molecule is COc1ccc(C2CC(c3ccc4ccccc4c3)=NN2C(=O)COC(=O)CSc2nnc(N)s2)cc1. The lowest BCUT2D eigenvalue weighted by Crippen LogP contribution is -2.31. The summed E-state index contributed by atoms with van der Waals surface area (Å²) in [5, 5.41) is 16.2. The molecular formula is C26H23N5O4S2. The molecule has 1 unspecified atom stereocenters. The number of carbonyl (C=O) groups is 2. The topological polar surface area (TPSA) is 120 Å². The van der Waals surface area contributed by atoms with Crippen LogP contribution < -0.4 is 10.5 Å². The average molecular weight is 534 g/mol. The standard InChI is InChI=1S/C26H23N5O4S2/c1-34-20-10-8-17(9-11-20)22-13-21(19-7-6-16-4-2-3-5-18(16)12-19)30-31(22)23(32)14-35-24(33)15-36-26-29-28-25(27)37-26/h2-12,22H,13-15H2,1H3,(H2,27,28). The molecule has 1 aliphatic heterocycles. The van der Waals surface area contributed by atoms with E-state index >= 15 is 0 Å². The summed E-state index contributed by atoms with van der Waals surface area (Å²) in [6.07, 6.45) is 0.526. The Kier molecular flexibility index (Phi) is 7.33. The predicted molar refractivity (Wildman–Crippen MR) is 144 cm³/mol. The molecule has 2 heterocycles. The van der Waals surface area contributed by atoms with Gasteiger partial charge >= 0.3 is 5.97 Å². The number of thioether (sulfide) groups is 1. The van der Waals surface area contributed by atoms with E-state index in [0.29, 0.717) is 15.9 Å². The van der Waals surface area contributed by atoms with Gasteiger partial charge in [-0.2, -0.15) is 5.10 Å². The Labute approximate surface area is 221 Å². The fourth-order valence-corrected chi connectivity index (χ4v) is 5.45. The molecule has 188 valence electrons. The van der Waals surface area contributed by atoms with E-state index in [4.69, 9.17) is 15.2 Å². The first-order chi connectivity index (χ1) is 18.0. The largest absolute Gasteiger partial charge is 0.497 e. The van der Waals surface area contributed by atoms with E-state index in [1.54, 1.807) is 7.11 Å². The van der Waals surface area contributed by atoms with Gasteiger partial charge in [-0.3, -0.25) is 9.59 Å². The van der Waals surface area contributed by atoms with Crippen LogP contribution in [0.15, 0.2) is 76.2 Å². The van der Waals surface area contributed by atoms with Crippen LogP contribution >= 0.6 is 23.1 Å². The number of benzene rings is 3. The lowest BCUT2D eigenvalue weighted by Gasteiger charge is -2.22. The molecular weight excluding hydrogens is 510 g/mol. The summed E-state index contributed by atoms with van der Waals surface area (Å²) in [5.74, 6) is -0.227. The summed E-state index contributed by atoms with van der Waals surface area (Å²) in [7, 11) is 1.61. The van der Waals surface area contributed by atoms with Gasteiger partial charge in [0, 0.05) is 6.42 Å². The van der Waals surface area contributed by atoms with Crippen molar-refractivity contribution in [3.8, 4) is 5.75 Å². The number of anilines is 1. The molecule has 1 aromatic heterocycles. The molecule has 4 aromatic rings. The number of fused-ring (bicyclic) bond motifs is 1. The molecule has 3 aromatic carbocycles. The number of rotatable bonds is 8. The van der Waals surface area contributed by atoms with Crippen LogP contribution in [0, 0.1) is 0 Å². The van der Waals surface area contributed by atoms with Crippen molar-refractivity contribution >= 4 is 56.6 Å². The minimum Gasteiger partial charge on any atom is -0.497 e.